The Bertz CT molecular complexity index is 627. The van der Waals surface area contributed by atoms with Gasteiger partial charge in [0.05, 0.1) is 33.8 Å². The SMILES string of the molecule is C=C/C=C(C=C)/C=C/C(=O)CC(=O)/C=C/C(/C=C\[N+](C)(C)C)=C/C.CC.[CH3-].[K+]. The molecule has 0 aromatic carbocycles. The first-order chi connectivity index (χ1) is 12.2. The van der Waals surface area contributed by atoms with Crippen LogP contribution in [0.2, 0.25) is 0 Å². The molecule has 0 atom stereocenters. The number of carbonyl (C=O) groups is 2. The predicted octanol–water partition coefficient (Wildman–Crippen LogP) is 2.57. The second-order valence-electron chi connectivity index (χ2n) is 6.10. The molecule has 3 nitrogen and oxygen atoms in total. The zero-order chi connectivity index (χ0) is 20.6. The van der Waals surface area contributed by atoms with Crippen molar-refractivity contribution >= 4 is 11.6 Å². The zero-order valence-electron chi connectivity index (χ0n) is 19.2. The molecule has 150 valence electrons. The molecule has 0 rings (SSSR count). The van der Waals surface area contributed by atoms with Crippen molar-refractivity contribution in [3.05, 3.63) is 92.6 Å². The molecular formula is C24H37KNO2+. The number of rotatable bonds is 10. The standard InChI is InChI=1S/C21H28NO2.C2H6.CH3.K/c1-7-10-18(8-2)11-13-20(23)17-21(24)14-12-19(9-3)15-16-22(4,5)6;1-2;;/h7-16H,1-2,17H2,3-6H3;1-2H3;1H3;/q+1;;-1;+1/b13-11+,14-12+,16-15-,18-10+,19-9-;;;. The van der Waals surface area contributed by atoms with Crippen LogP contribution in [0.15, 0.2) is 85.2 Å². The average Bonchev–Trinajstić information content (AvgIpc) is 2.59. The van der Waals surface area contributed by atoms with Gasteiger partial charge in [-0.2, -0.15) is 0 Å². The zero-order valence-corrected chi connectivity index (χ0v) is 22.3. The van der Waals surface area contributed by atoms with Crippen LogP contribution in [0, 0.1) is 7.43 Å². The van der Waals surface area contributed by atoms with Crippen molar-refractivity contribution in [2.24, 2.45) is 0 Å². The first kappa shape index (κ1) is 34.6. The molecule has 0 fully saturated rings. The number of quaternary nitrogens is 1. The molecular weight excluding hydrogens is 373 g/mol. The maximum Gasteiger partial charge on any atom is 1.00 e. The Morgan fingerprint density at radius 3 is 1.68 bits per heavy atom. The fourth-order valence-corrected chi connectivity index (χ4v) is 1.55. The van der Waals surface area contributed by atoms with Crippen molar-refractivity contribution in [1.29, 1.82) is 0 Å². The summed E-state index contributed by atoms with van der Waals surface area (Å²) in [6.07, 6.45) is 16.8. The quantitative estimate of drug-likeness (QED) is 0.139. The molecule has 4 heteroatoms. The van der Waals surface area contributed by atoms with Gasteiger partial charge in [-0.25, -0.2) is 0 Å². The molecule has 0 aliphatic rings. The monoisotopic (exact) mass is 410 g/mol. The van der Waals surface area contributed by atoms with Crippen molar-refractivity contribution < 1.29 is 65.5 Å². The second-order valence-corrected chi connectivity index (χ2v) is 6.10. The van der Waals surface area contributed by atoms with Crippen LogP contribution < -0.4 is 51.4 Å². The van der Waals surface area contributed by atoms with Crippen LogP contribution in [0.3, 0.4) is 0 Å². The van der Waals surface area contributed by atoms with E-state index in [0.29, 0.717) is 4.48 Å². The van der Waals surface area contributed by atoms with Gasteiger partial charge in [-0.1, -0.05) is 63.5 Å². The fraction of sp³-hybridized carbons (Fsp3) is 0.292. The van der Waals surface area contributed by atoms with E-state index < -0.39 is 0 Å². The summed E-state index contributed by atoms with van der Waals surface area (Å²) >= 11 is 0. The number of hydrogen-bond acceptors (Lipinski definition) is 2. The molecule has 0 aromatic rings. The van der Waals surface area contributed by atoms with Gasteiger partial charge in [-0.3, -0.25) is 9.59 Å². The first-order valence-corrected chi connectivity index (χ1v) is 8.75. The topological polar surface area (TPSA) is 34.1 Å². The number of nitrogens with zero attached hydrogens (tertiary/aromatic N) is 1. The molecule has 0 aliphatic carbocycles. The van der Waals surface area contributed by atoms with E-state index in [1.54, 1.807) is 30.4 Å². The maximum absolute atomic E-state index is 11.9. The Balaban J connectivity index is -0.000000695. The number of hydrogen-bond donors (Lipinski definition) is 0. The van der Waals surface area contributed by atoms with Gasteiger partial charge < -0.3 is 11.9 Å². The molecule has 0 radical (unpaired) electrons. The average molecular weight is 411 g/mol. The summed E-state index contributed by atoms with van der Waals surface area (Å²) in [4.78, 5) is 23.7. The van der Waals surface area contributed by atoms with Crippen molar-refractivity contribution in [3.63, 3.8) is 0 Å². The smallest absolute Gasteiger partial charge is 0.358 e. The molecule has 0 spiro atoms. The van der Waals surface area contributed by atoms with Crippen molar-refractivity contribution in [1.82, 2.24) is 0 Å². The fourth-order valence-electron chi connectivity index (χ4n) is 1.55. The third-order valence-corrected chi connectivity index (χ3v) is 2.87. The van der Waals surface area contributed by atoms with Gasteiger partial charge >= 0.3 is 51.4 Å². The Kier molecular flexibility index (Phi) is 25.8. The van der Waals surface area contributed by atoms with Gasteiger partial charge in [-0.15, -0.1) is 0 Å². The molecule has 0 aromatic heterocycles. The van der Waals surface area contributed by atoms with E-state index >= 15 is 0 Å². The Morgan fingerprint density at radius 1 is 0.857 bits per heavy atom. The minimum absolute atomic E-state index is 0. The van der Waals surface area contributed by atoms with Crippen molar-refractivity contribution in [3.8, 4) is 0 Å². The second kappa shape index (κ2) is 20.8. The van der Waals surface area contributed by atoms with Crippen LogP contribution in [0.1, 0.15) is 27.2 Å². The molecule has 0 unspecified atom stereocenters. The minimum Gasteiger partial charge on any atom is -0.358 e. The van der Waals surface area contributed by atoms with E-state index in [9.17, 15) is 9.59 Å². The van der Waals surface area contributed by atoms with Crippen LogP contribution in [0.25, 0.3) is 0 Å². The summed E-state index contributed by atoms with van der Waals surface area (Å²) < 4.78 is 0.687. The summed E-state index contributed by atoms with van der Waals surface area (Å²) in [5.41, 5.74) is 1.69. The summed E-state index contributed by atoms with van der Waals surface area (Å²) in [7, 11) is 6.13. The van der Waals surface area contributed by atoms with Gasteiger partial charge in [0.2, 0.25) is 0 Å². The third-order valence-electron chi connectivity index (χ3n) is 2.87. The van der Waals surface area contributed by atoms with Gasteiger partial charge in [0.1, 0.15) is 0 Å². The van der Waals surface area contributed by atoms with Gasteiger partial charge in [0, 0.05) is 0 Å². The van der Waals surface area contributed by atoms with Crippen LogP contribution in [0.4, 0.5) is 0 Å². The normalized spacial score (nSPS) is 12.1. The Hall–Kier alpha value is -0.884. The van der Waals surface area contributed by atoms with Crippen LogP contribution >= 0.6 is 0 Å². The predicted molar refractivity (Wildman–Crippen MR) is 120 cm³/mol. The van der Waals surface area contributed by atoms with Crippen LogP contribution in [-0.4, -0.2) is 37.2 Å². The van der Waals surface area contributed by atoms with Crippen LogP contribution in [-0.2, 0) is 9.59 Å². The van der Waals surface area contributed by atoms with E-state index in [1.165, 1.54) is 12.2 Å². The van der Waals surface area contributed by atoms with E-state index in [0.717, 1.165) is 11.1 Å². The summed E-state index contributed by atoms with van der Waals surface area (Å²) in [5, 5.41) is 0. The third kappa shape index (κ3) is 21.4. The molecule has 0 saturated carbocycles. The molecule has 0 saturated heterocycles. The largest absolute Gasteiger partial charge is 1.00 e. The van der Waals surface area contributed by atoms with Gasteiger partial charge in [0.25, 0.3) is 0 Å². The van der Waals surface area contributed by atoms with Gasteiger partial charge in [0.15, 0.2) is 11.6 Å². The molecule has 0 aliphatic heterocycles. The van der Waals surface area contributed by atoms with E-state index in [-0.39, 0.29) is 76.8 Å². The van der Waals surface area contributed by atoms with Crippen molar-refractivity contribution in [2.45, 2.75) is 27.2 Å². The van der Waals surface area contributed by atoms with E-state index in [1.807, 2.05) is 60.3 Å². The van der Waals surface area contributed by atoms with E-state index in [4.69, 9.17) is 0 Å². The molecule has 0 bridgehead atoms. The maximum atomic E-state index is 11.9. The Morgan fingerprint density at radius 2 is 1.32 bits per heavy atom. The van der Waals surface area contributed by atoms with Crippen LogP contribution in [0.5, 0.6) is 0 Å². The summed E-state index contributed by atoms with van der Waals surface area (Å²) in [6, 6.07) is 0. The molecule has 0 heterocycles. The Labute approximate surface area is 216 Å². The summed E-state index contributed by atoms with van der Waals surface area (Å²) in [6.45, 7) is 13.1. The molecule has 0 N–H and O–H groups in total. The molecule has 0 amide bonds. The first-order valence-electron chi connectivity index (χ1n) is 8.75. The summed E-state index contributed by atoms with van der Waals surface area (Å²) in [5.74, 6) is -0.471. The van der Waals surface area contributed by atoms with Gasteiger partial charge in [-0.05, 0) is 36.3 Å². The number of ketones is 2. The molecule has 28 heavy (non-hydrogen) atoms. The van der Waals surface area contributed by atoms with Crippen molar-refractivity contribution in [2.75, 3.05) is 21.1 Å². The number of carbonyl (C=O) groups excluding carboxylic acids is 2. The van der Waals surface area contributed by atoms with E-state index in [2.05, 4.69) is 13.2 Å². The minimum atomic E-state index is -0.245. The number of allylic oxidation sites excluding steroid dienone is 11.